The Kier molecular flexibility index (Phi) is 4.93. The highest BCUT2D eigenvalue weighted by atomic mass is 79.9. The average Bonchev–Trinajstić information content (AvgIpc) is 2.97. The van der Waals surface area contributed by atoms with Gasteiger partial charge in [0.2, 0.25) is 0 Å². The molecule has 2 heterocycles. The fourth-order valence-corrected chi connectivity index (χ4v) is 3.15. The molecule has 0 amide bonds. The molecule has 0 bridgehead atoms. The van der Waals surface area contributed by atoms with Crippen molar-refractivity contribution in [3.63, 3.8) is 0 Å². The first-order chi connectivity index (χ1) is 11.1. The molecule has 0 spiro atoms. The van der Waals surface area contributed by atoms with Crippen LogP contribution < -0.4 is 10.1 Å². The molecule has 1 N–H and O–H groups in total. The van der Waals surface area contributed by atoms with E-state index in [0.29, 0.717) is 0 Å². The fraction of sp³-hybridized carbons (Fsp3) is 0.176. The lowest BCUT2D eigenvalue weighted by Crippen LogP contribution is -2.07. The van der Waals surface area contributed by atoms with Crippen LogP contribution in [-0.4, -0.2) is 16.1 Å². The first-order valence-electron chi connectivity index (χ1n) is 7.21. The number of para-hydroxylation sites is 2. The smallest absolute Gasteiger partial charge is 0.187 e. The average molecular weight is 390 g/mol. The standard InChI is InChI=1S/C17H16BrN3OS/c1-11(2)22-16-6-4-3-5-14(16)20-17-21-15(10-23-17)12-7-13(18)9-19-8-12/h3-11H,1-2H3,(H,20,21). The van der Waals surface area contributed by atoms with Gasteiger partial charge in [0.15, 0.2) is 5.13 Å². The Labute approximate surface area is 147 Å². The van der Waals surface area contributed by atoms with Gasteiger partial charge in [0, 0.05) is 27.8 Å². The molecule has 0 radical (unpaired) electrons. The zero-order valence-electron chi connectivity index (χ0n) is 12.8. The number of hydrogen-bond donors (Lipinski definition) is 1. The summed E-state index contributed by atoms with van der Waals surface area (Å²) >= 11 is 4.99. The van der Waals surface area contributed by atoms with Gasteiger partial charge in [-0.3, -0.25) is 4.98 Å². The van der Waals surface area contributed by atoms with Crippen LogP contribution in [0.1, 0.15) is 13.8 Å². The van der Waals surface area contributed by atoms with Crippen LogP contribution in [0.5, 0.6) is 5.75 Å². The second-order valence-electron chi connectivity index (χ2n) is 5.22. The Morgan fingerprint density at radius 2 is 2.04 bits per heavy atom. The summed E-state index contributed by atoms with van der Waals surface area (Å²) in [5.74, 6) is 0.823. The lowest BCUT2D eigenvalue weighted by atomic mass is 10.2. The van der Waals surface area contributed by atoms with Crippen LogP contribution in [0.3, 0.4) is 0 Å². The number of nitrogens with zero attached hydrogens (tertiary/aromatic N) is 2. The molecule has 0 aliphatic carbocycles. The lowest BCUT2D eigenvalue weighted by Gasteiger charge is -2.14. The summed E-state index contributed by atoms with van der Waals surface area (Å²) in [6.45, 7) is 4.02. The quantitative estimate of drug-likeness (QED) is 0.625. The summed E-state index contributed by atoms with van der Waals surface area (Å²) in [6, 6.07) is 9.88. The predicted octanol–water partition coefficient (Wildman–Crippen LogP) is 5.50. The van der Waals surface area contributed by atoms with E-state index in [2.05, 4.69) is 31.2 Å². The first-order valence-corrected chi connectivity index (χ1v) is 8.88. The summed E-state index contributed by atoms with van der Waals surface area (Å²) in [5.41, 5.74) is 2.79. The number of ether oxygens (including phenoxy) is 1. The van der Waals surface area contributed by atoms with E-state index in [1.54, 1.807) is 23.7 Å². The molecule has 0 unspecified atom stereocenters. The zero-order valence-corrected chi connectivity index (χ0v) is 15.2. The molecule has 0 aliphatic heterocycles. The monoisotopic (exact) mass is 389 g/mol. The number of nitrogens with one attached hydrogen (secondary N) is 1. The molecule has 0 aliphatic rings. The first kappa shape index (κ1) is 16.0. The molecular formula is C17H16BrN3OS. The molecule has 3 aromatic rings. The van der Waals surface area contributed by atoms with Gasteiger partial charge in [-0.2, -0.15) is 0 Å². The number of aromatic nitrogens is 2. The highest BCUT2D eigenvalue weighted by Crippen LogP contribution is 2.32. The second kappa shape index (κ2) is 7.10. The van der Waals surface area contributed by atoms with Gasteiger partial charge in [0.05, 0.1) is 17.5 Å². The maximum atomic E-state index is 5.82. The van der Waals surface area contributed by atoms with E-state index >= 15 is 0 Å². The van der Waals surface area contributed by atoms with Gasteiger partial charge in [0.25, 0.3) is 0 Å². The van der Waals surface area contributed by atoms with Gasteiger partial charge in [-0.1, -0.05) is 12.1 Å². The third-order valence-electron chi connectivity index (χ3n) is 3.00. The summed E-state index contributed by atoms with van der Waals surface area (Å²) < 4.78 is 6.76. The van der Waals surface area contributed by atoms with Crippen molar-refractivity contribution in [2.24, 2.45) is 0 Å². The Morgan fingerprint density at radius 3 is 2.83 bits per heavy atom. The Hall–Kier alpha value is -1.92. The van der Waals surface area contributed by atoms with Crippen molar-refractivity contribution in [3.8, 4) is 17.0 Å². The van der Waals surface area contributed by atoms with Crippen LogP contribution in [0.15, 0.2) is 52.6 Å². The van der Waals surface area contributed by atoms with Gasteiger partial charge in [-0.25, -0.2) is 4.98 Å². The number of thiazole rings is 1. The second-order valence-corrected chi connectivity index (χ2v) is 6.99. The van der Waals surface area contributed by atoms with Gasteiger partial charge in [0.1, 0.15) is 5.75 Å². The van der Waals surface area contributed by atoms with Crippen LogP contribution in [0.2, 0.25) is 0 Å². The third kappa shape index (κ3) is 4.09. The number of benzene rings is 1. The number of rotatable bonds is 5. The minimum atomic E-state index is 0.123. The molecule has 3 rings (SSSR count). The van der Waals surface area contributed by atoms with Crippen molar-refractivity contribution < 1.29 is 4.74 Å². The highest BCUT2D eigenvalue weighted by Gasteiger charge is 2.09. The molecule has 0 saturated heterocycles. The molecule has 6 heteroatoms. The number of halogens is 1. The van der Waals surface area contributed by atoms with E-state index in [1.165, 1.54) is 0 Å². The topological polar surface area (TPSA) is 47.0 Å². The van der Waals surface area contributed by atoms with Crippen LogP contribution in [0.25, 0.3) is 11.3 Å². The van der Waals surface area contributed by atoms with Gasteiger partial charge >= 0.3 is 0 Å². The van der Waals surface area contributed by atoms with Crippen LogP contribution in [-0.2, 0) is 0 Å². The SMILES string of the molecule is CC(C)Oc1ccccc1Nc1nc(-c2cncc(Br)c2)cs1. The van der Waals surface area contributed by atoms with E-state index in [4.69, 9.17) is 4.74 Å². The molecule has 23 heavy (non-hydrogen) atoms. The minimum Gasteiger partial charge on any atom is -0.489 e. The Bertz CT molecular complexity index is 804. The van der Waals surface area contributed by atoms with E-state index in [0.717, 1.165) is 32.3 Å². The maximum absolute atomic E-state index is 5.82. The van der Waals surface area contributed by atoms with E-state index in [-0.39, 0.29) is 6.10 Å². The molecule has 0 fully saturated rings. The lowest BCUT2D eigenvalue weighted by molar-refractivity contribution is 0.244. The number of hydrogen-bond acceptors (Lipinski definition) is 5. The van der Waals surface area contributed by atoms with Crippen LogP contribution in [0, 0.1) is 0 Å². The van der Waals surface area contributed by atoms with E-state index in [9.17, 15) is 0 Å². The van der Waals surface area contributed by atoms with Crippen molar-refractivity contribution in [2.75, 3.05) is 5.32 Å². The van der Waals surface area contributed by atoms with Gasteiger partial charge in [-0.15, -0.1) is 11.3 Å². The molecule has 2 aromatic heterocycles. The molecule has 4 nitrogen and oxygen atoms in total. The zero-order chi connectivity index (χ0) is 16.2. The summed E-state index contributed by atoms with van der Waals surface area (Å²) in [6.07, 6.45) is 3.69. The number of pyridine rings is 1. The fourth-order valence-electron chi connectivity index (χ4n) is 2.06. The summed E-state index contributed by atoms with van der Waals surface area (Å²) in [4.78, 5) is 8.81. The van der Waals surface area contributed by atoms with Crippen molar-refractivity contribution in [1.29, 1.82) is 0 Å². The largest absolute Gasteiger partial charge is 0.489 e. The van der Waals surface area contributed by atoms with Crippen molar-refractivity contribution in [1.82, 2.24) is 9.97 Å². The van der Waals surface area contributed by atoms with Gasteiger partial charge < -0.3 is 10.1 Å². The van der Waals surface area contributed by atoms with Crippen LogP contribution >= 0.6 is 27.3 Å². The van der Waals surface area contributed by atoms with E-state index in [1.807, 2.05) is 49.6 Å². The molecule has 0 atom stereocenters. The Morgan fingerprint density at radius 1 is 1.22 bits per heavy atom. The molecular weight excluding hydrogens is 374 g/mol. The molecule has 1 aromatic carbocycles. The van der Waals surface area contributed by atoms with Crippen LogP contribution in [0.4, 0.5) is 10.8 Å². The molecule has 0 saturated carbocycles. The van der Waals surface area contributed by atoms with E-state index < -0.39 is 0 Å². The van der Waals surface area contributed by atoms with Crippen molar-refractivity contribution in [2.45, 2.75) is 20.0 Å². The minimum absolute atomic E-state index is 0.123. The summed E-state index contributed by atoms with van der Waals surface area (Å²) in [7, 11) is 0. The molecule has 118 valence electrons. The maximum Gasteiger partial charge on any atom is 0.187 e. The van der Waals surface area contributed by atoms with Crippen molar-refractivity contribution >= 4 is 38.1 Å². The third-order valence-corrected chi connectivity index (χ3v) is 4.19. The predicted molar refractivity (Wildman–Crippen MR) is 98.5 cm³/mol. The van der Waals surface area contributed by atoms with Gasteiger partial charge in [-0.05, 0) is 48.0 Å². The normalized spacial score (nSPS) is 10.8. The number of anilines is 2. The highest BCUT2D eigenvalue weighted by molar-refractivity contribution is 9.10. The van der Waals surface area contributed by atoms with Crippen molar-refractivity contribution in [3.05, 3.63) is 52.6 Å². The summed E-state index contributed by atoms with van der Waals surface area (Å²) in [5, 5.41) is 6.16. The Balaban J connectivity index is 1.82.